The van der Waals surface area contributed by atoms with Gasteiger partial charge in [-0.25, -0.2) is 4.68 Å². The van der Waals surface area contributed by atoms with Crippen molar-refractivity contribution in [2.75, 3.05) is 38.4 Å². The van der Waals surface area contributed by atoms with E-state index >= 15 is 0 Å². The lowest BCUT2D eigenvalue weighted by Crippen LogP contribution is -2.13. The molecule has 0 unspecified atom stereocenters. The van der Waals surface area contributed by atoms with Crippen molar-refractivity contribution >= 4 is 16.7 Å². The van der Waals surface area contributed by atoms with Crippen molar-refractivity contribution in [1.82, 2.24) is 15.0 Å². The first kappa shape index (κ1) is 26.1. The van der Waals surface area contributed by atoms with Gasteiger partial charge in [-0.15, -0.1) is 5.10 Å². The van der Waals surface area contributed by atoms with Gasteiger partial charge in [-0.1, -0.05) is 53.7 Å². The molecule has 0 spiro atoms. The molecule has 9 nitrogen and oxygen atoms in total. The Labute approximate surface area is 225 Å². The predicted octanol–water partition coefficient (Wildman–Crippen LogP) is 4.78. The number of benzene rings is 3. The second-order valence-corrected chi connectivity index (χ2v) is 8.76. The van der Waals surface area contributed by atoms with Crippen molar-refractivity contribution in [1.29, 1.82) is 0 Å². The fraction of sp³-hybridized carbons (Fsp3) is 0.233. The Morgan fingerprint density at radius 2 is 1.56 bits per heavy atom. The Morgan fingerprint density at radius 3 is 2.38 bits per heavy atom. The lowest BCUT2D eigenvalue weighted by atomic mass is 10.1. The molecule has 0 atom stereocenters. The number of para-hydroxylation sites is 1. The van der Waals surface area contributed by atoms with Crippen molar-refractivity contribution in [3.05, 3.63) is 107 Å². The standard InChI is InChI=1S/C30H30N4O5/c35-28-20-29(23-7-3-1-4-8-23)39-30-19-26(11-12-27(28)30)38-18-17-37-16-15-36-14-13-34-22-25(32-33-34)21-31-24-9-5-2-6-10-24/h1-12,19-20,22,31H,13-18,21H2. The van der Waals surface area contributed by atoms with Crippen molar-refractivity contribution in [3.8, 4) is 17.1 Å². The summed E-state index contributed by atoms with van der Waals surface area (Å²) in [5.41, 5.74) is 3.16. The summed E-state index contributed by atoms with van der Waals surface area (Å²) in [6.45, 7) is 3.46. The Bertz CT molecular complexity index is 1520. The Hall–Kier alpha value is -4.47. The molecule has 5 aromatic rings. The van der Waals surface area contributed by atoms with Gasteiger partial charge in [0.1, 0.15) is 29.4 Å². The average molecular weight is 527 g/mol. The summed E-state index contributed by atoms with van der Waals surface area (Å²) < 4.78 is 24.8. The molecule has 9 heteroatoms. The predicted molar refractivity (Wildman–Crippen MR) is 149 cm³/mol. The van der Waals surface area contributed by atoms with Gasteiger partial charge in [-0.3, -0.25) is 4.79 Å². The number of fused-ring (bicyclic) bond motifs is 1. The van der Waals surface area contributed by atoms with E-state index in [0.717, 1.165) is 16.9 Å². The molecule has 5 rings (SSSR count). The number of nitrogens with zero attached hydrogens (tertiary/aromatic N) is 3. The highest BCUT2D eigenvalue weighted by atomic mass is 16.5. The first-order valence-corrected chi connectivity index (χ1v) is 12.8. The maximum absolute atomic E-state index is 12.5. The fourth-order valence-electron chi connectivity index (χ4n) is 3.95. The molecule has 2 aromatic heterocycles. The minimum Gasteiger partial charge on any atom is -0.491 e. The minimum absolute atomic E-state index is 0.0886. The molecule has 1 N–H and O–H groups in total. The Morgan fingerprint density at radius 1 is 0.821 bits per heavy atom. The Balaban J connectivity index is 0.972. The number of ether oxygens (including phenoxy) is 3. The van der Waals surface area contributed by atoms with E-state index in [0.29, 0.717) is 68.6 Å². The Kier molecular flexibility index (Phi) is 8.96. The molecule has 0 radical (unpaired) electrons. The molecule has 2 heterocycles. The van der Waals surface area contributed by atoms with E-state index in [1.54, 1.807) is 22.9 Å². The normalized spacial score (nSPS) is 11.1. The molecule has 0 saturated heterocycles. The molecule has 0 amide bonds. The van der Waals surface area contributed by atoms with Crippen molar-refractivity contribution in [3.63, 3.8) is 0 Å². The van der Waals surface area contributed by atoms with Crippen molar-refractivity contribution in [2.24, 2.45) is 0 Å². The zero-order valence-corrected chi connectivity index (χ0v) is 21.5. The summed E-state index contributed by atoms with van der Waals surface area (Å²) in [5, 5.41) is 12.1. The first-order valence-electron chi connectivity index (χ1n) is 12.8. The van der Waals surface area contributed by atoms with Gasteiger partial charge in [-0.05, 0) is 24.3 Å². The molecule has 0 aliphatic heterocycles. The van der Waals surface area contributed by atoms with E-state index in [2.05, 4.69) is 15.6 Å². The number of aromatic nitrogens is 3. The van der Waals surface area contributed by atoms with Crippen molar-refractivity contribution in [2.45, 2.75) is 13.1 Å². The monoisotopic (exact) mass is 526 g/mol. The van der Waals surface area contributed by atoms with Crippen LogP contribution in [-0.4, -0.2) is 48.0 Å². The summed E-state index contributed by atoms with van der Waals surface area (Å²) in [7, 11) is 0. The van der Waals surface area contributed by atoms with Crippen LogP contribution in [0.5, 0.6) is 5.75 Å². The zero-order chi connectivity index (χ0) is 26.7. The quantitative estimate of drug-likeness (QED) is 0.207. The number of anilines is 1. The summed E-state index contributed by atoms with van der Waals surface area (Å²) in [5.74, 6) is 1.14. The van der Waals surface area contributed by atoms with Crippen LogP contribution in [0.15, 0.2) is 100 Å². The van der Waals surface area contributed by atoms with Gasteiger partial charge in [0, 0.05) is 23.4 Å². The maximum Gasteiger partial charge on any atom is 0.193 e. The number of hydrogen-bond acceptors (Lipinski definition) is 8. The van der Waals surface area contributed by atoms with E-state index in [1.807, 2.05) is 66.9 Å². The third-order valence-corrected chi connectivity index (χ3v) is 5.93. The molecular formula is C30H30N4O5. The third kappa shape index (κ3) is 7.53. The number of nitrogens with one attached hydrogen (secondary N) is 1. The lowest BCUT2D eigenvalue weighted by Gasteiger charge is -2.09. The molecule has 0 fully saturated rings. The summed E-state index contributed by atoms with van der Waals surface area (Å²) in [4.78, 5) is 12.5. The maximum atomic E-state index is 12.5. The average Bonchev–Trinajstić information content (AvgIpc) is 3.43. The summed E-state index contributed by atoms with van der Waals surface area (Å²) in [6, 6.07) is 26.3. The van der Waals surface area contributed by atoms with Crippen molar-refractivity contribution < 1.29 is 18.6 Å². The molecular weight excluding hydrogens is 496 g/mol. The minimum atomic E-state index is -0.0886. The lowest BCUT2D eigenvalue weighted by molar-refractivity contribution is 0.0333. The van der Waals surface area contributed by atoms with Gasteiger partial charge < -0.3 is 23.9 Å². The van der Waals surface area contributed by atoms with Gasteiger partial charge in [0.15, 0.2) is 5.43 Å². The number of hydrogen-bond donors (Lipinski definition) is 1. The second-order valence-electron chi connectivity index (χ2n) is 8.76. The van der Waals surface area contributed by atoms with Crippen LogP contribution < -0.4 is 15.5 Å². The summed E-state index contributed by atoms with van der Waals surface area (Å²) in [6.07, 6.45) is 1.91. The van der Waals surface area contributed by atoms with Crippen LogP contribution in [-0.2, 0) is 22.6 Å². The van der Waals surface area contributed by atoms with Crippen LogP contribution in [0.2, 0.25) is 0 Å². The highest BCUT2D eigenvalue weighted by Gasteiger charge is 2.08. The van der Waals surface area contributed by atoms with Gasteiger partial charge in [-0.2, -0.15) is 0 Å². The molecule has 0 aliphatic rings. The van der Waals surface area contributed by atoms with Gasteiger partial charge >= 0.3 is 0 Å². The van der Waals surface area contributed by atoms with Gasteiger partial charge in [0.25, 0.3) is 0 Å². The second kappa shape index (κ2) is 13.4. The number of rotatable bonds is 14. The van der Waals surface area contributed by atoms with Crippen LogP contribution in [0.3, 0.4) is 0 Å². The SMILES string of the molecule is O=c1cc(-c2ccccc2)oc2cc(OCCOCCOCCn3cc(CNc4ccccc4)nn3)ccc12. The van der Waals surface area contributed by atoms with Crippen LogP contribution >= 0.6 is 0 Å². The third-order valence-electron chi connectivity index (χ3n) is 5.93. The molecule has 0 bridgehead atoms. The molecule has 39 heavy (non-hydrogen) atoms. The fourth-order valence-corrected chi connectivity index (χ4v) is 3.95. The van der Waals surface area contributed by atoms with E-state index in [9.17, 15) is 4.79 Å². The largest absolute Gasteiger partial charge is 0.491 e. The highest BCUT2D eigenvalue weighted by molar-refractivity contribution is 5.80. The van der Waals surface area contributed by atoms with Gasteiger partial charge in [0.2, 0.25) is 0 Å². The highest BCUT2D eigenvalue weighted by Crippen LogP contribution is 2.24. The van der Waals surface area contributed by atoms with Crippen LogP contribution in [0.25, 0.3) is 22.3 Å². The molecule has 200 valence electrons. The van der Waals surface area contributed by atoms with E-state index < -0.39 is 0 Å². The molecule has 3 aromatic carbocycles. The van der Waals surface area contributed by atoms with E-state index in [1.165, 1.54) is 6.07 Å². The topological polar surface area (TPSA) is 101 Å². The molecule has 0 saturated carbocycles. The summed E-state index contributed by atoms with van der Waals surface area (Å²) >= 11 is 0. The van der Waals surface area contributed by atoms with E-state index in [-0.39, 0.29) is 5.43 Å². The van der Waals surface area contributed by atoms with Crippen LogP contribution in [0.4, 0.5) is 5.69 Å². The zero-order valence-electron chi connectivity index (χ0n) is 21.5. The van der Waals surface area contributed by atoms with Crippen LogP contribution in [0, 0.1) is 0 Å². The van der Waals surface area contributed by atoms with Gasteiger partial charge in [0.05, 0.1) is 51.1 Å². The first-order chi connectivity index (χ1) is 19.2. The molecule has 0 aliphatic carbocycles. The smallest absolute Gasteiger partial charge is 0.193 e. The van der Waals surface area contributed by atoms with Crippen LogP contribution in [0.1, 0.15) is 5.69 Å². The van der Waals surface area contributed by atoms with E-state index in [4.69, 9.17) is 18.6 Å².